The highest BCUT2D eigenvalue weighted by molar-refractivity contribution is 6.43. The van der Waals surface area contributed by atoms with Crippen LogP contribution in [0.3, 0.4) is 0 Å². The molecule has 0 heterocycles. The zero-order chi connectivity index (χ0) is 16.3. The van der Waals surface area contributed by atoms with Gasteiger partial charge >= 0.3 is 11.8 Å². The summed E-state index contributed by atoms with van der Waals surface area (Å²) in [5, 5.41) is 14.7. The smallest absolute Gasteiger partial charge is 0.314 e. The minimum atomic E-state index is -0.833. The second-order valence-corrected chi connectivity index (χ2v) is 5.25. The minimum Gasteiger partial charge on any atom is -0.506 e. The fourth-order valence-corrected chi connectivity index (χ4v) is 1.98. The summed E-state index contributed by atoms with van der Waals surface area (Å²) in [4.78, 5) is 23.9. The molecule has 22 heavy (non-hydrogen) atoms. The van der Waals surface area contributed by atoms with Crippen LogP contribution in [0, 0.1) is 20.8 Å². The molecule has 3 N–H and O–H groups in total. The van der Waals surface area contributed by atoms with Crippen molar-refractivity contribution in [3.63, 3.8) is 0 Å². The normalized spacial score (nSPS) is 10.1. The number of aromatic hydroxyl groups is 1. The van der Waals surface area contributed by atoms with Crippen molar-refractivity contribution in [2.45, 2.75) is 20.8 Å². The second kappa shape index (κ2) is 6.30. The van der Waals surface area contributed by atoms with Crippen molar-refractivity contribution in [2.24, 2.45) is 0 Å². The number of phenolic OH excluding ortho intramolecular Hbond substituents is 1. The third-order valence-corrected chi connectivity index (χ3v) is 3.25. The Morgan fingerprint density at radius 1 is 0.818 bits per heavy atom. The van der Waals surface area contributed by atoms with E-state index in [1.807, 2.05) is 32.9 Å². The first-order valence-electron chi connectivity index (χ1n) is 6.86. The van der Waals surface area contributed by atoms with E-state index in [2.05, 4.69) is 10.6 Å². The van der Waals surface area contributed by atoms with E-state index in [0.29, 0.717) is 5.69 Å². The van der Waals surface area contributed by atoms with Crippen LogP contribution < -0.4 is 10.6 Å². The van der Waals surface area contributed by atoms with Crippen molar-refractivity contribution >= 4 is 23.2 Å². The predicted molar refractivity (Wildman–Crippen MR) is 86.0 cm³/mol. The maximum Gasteiger partial charge on any atom is 0.314 e. The lowest BCUT2D eigenvalue weighted by Gasteiger charge is -2.10. The van der Waals surface area contributed by atoms with E-state index in [0.717, 1.165) is 16.7 Å². The molecule has 2 aromatic carbocycles. The Kier molecular flexibility index (Phi) is 4.46. The summed E-state index contributed by atoms with van der Waals surface area (Å²) >= 11 is 0. The number of carbonyl (C=O) groups is 2. The molecule has 0 radical (unpaired) electrons. The van der Waals surface area contributed by atoms with Crippen LogP contribution in [-0.4, -0.2) is 16.9 Å². The molecule has 0 aromatic heterocycles. The summed E-state index contributed by atoms with van der Waals surface area (Å²) in [5.74, 6) is -1.69. The molecule has 0 aliphatic carbocycles. The number of hydrogen-bond acceptors (Lipinski definition) is 3. The van der Waals surface area contributed by atoms with Crippen LogP contribution >= 0.6 is 0 Å². The van der Waals surface area contributed by atoms with Gasteiger partial charge in [0.15, 0.2) is 0 Å². The SMILES string of the molecule is Cc1ccc(NC(=O)C(=O)Nc2cc(C)ccc2C)c(O)c1. The Balaban J connectivity index is 2.09. The Morgan fingerprint density at radius 2 is 1.36 bits per heavy atom. The molecule has 0 aliphatic rings. The first-order valence-corrected chi connectivity index (χ1v) is 6.86. The van der Waals surface area contributed by atoms with E-state index in [-0.39, 0.29) is 11.4 Å². The van der Waals surface area contributed by atoms with Crippen LogP contribution in [0.2, 0.25) is 0 Å². The van der Waals surface area contributed by atoms with Gasteiger partial charge in [0.1, 0.15) is 5.75 Å². The highest BCUT2D eigenvalue weighted by Gasteiger charge is 2.16. The van der Waals surface area contributed by atoms with Gasteiger partial charge in [-0.15, -0.1) is 0 Å². The molecule has 0 bridgehead atoms. The number of anilines is 2. The zero-order valence-corrected chi connectivity index (χ0v) is 12.7. The van der Waals surface area contributed by atoms with Crippen molar-refractivity contribution in [2.75, 3.05) is 10.6 Å². The summed E-state index contributed by atoms with van der Waals surface area (Å²) in [6.07, 6.45) is 0. The topological polar surface area (TPSA) is 78.4 Å². The molecule has 114 valence electrons. The summed E-state index contributed by atoms with van der Waals surface area (Å²) in [6.45, 7) is 5.57. The Hall–Kier alpha value is -2.82. The van der Waals surface area contributed by atoms with Gasteiger partial charge < -0.3 is 15.7 Å². The molecule has 0 aliphatic heterocycles. The van der Waals surface area contributed by atoms with Crippen LogP contribution in [-0.2, 0) is 9.59 Å². The quantitative estimate of drug-likeness (QED) is 0.589. The van der Waals surface area contributed by atoms with E-state index in [4.69, 9.17) is 0 Å². The fourth-order valence-electron chi connectivity index (χ4n) is 1.98. The summed E-state index contributed by atoms with van der Waals surface area (Å²) < 4.78 is 0. The third kappa shape index (κ3) is 3.63. The van der Waals surface area contributed by atoms with E-state index in [1.54, 1.807) is 18.2 Å². The Morgan fingerprint density at radius 3 is 2.00 bits per heavy atom. The molecule has 0 saturated carbocycles. The average Bonchev–Trinajstić information content (AvgIpc) is 2.45. The molecule has 5 nitrogen and oxygen atoms in total. The van der Waals surface area contributed by atoms with Crippen molar-refractivity contribution in [3.05, 3.63) is 53.1 Å². The molecule has 2 amide bonds. The number of phenols is 1. The maximum absolute atomic E-state index is 12.0. The van der Waals surface area contributed by atoms with Crippen LogP contribution in [0.4, 0.5) is 11.4 Å². The van der Waals surface area contributed by atoms with Gasteiger partial charge in [-0.2, -0.15) is 0 Å². The molecular weight excluding hydrogens is 280 g/mol. The predicted octanol–water partition coefficient (Wildman–Crippen LogP) is 2.89. The number of benzene rings is 2. The van der Waals surface area contributed by atoms with E-state index >= 15 is 0 Å². The van der Waals surface area contributed by atoms with E-state index < -0.39 is 11.8 Å². The molecule has 0 saturated heterocycles. The standard InChI is InChI=1S/C17H18N2O3/c1-10-4-6-12(3)14(8-10)19-17(22)16(21)18-13-7-5-11(2)9-15(13)20/h4-9,20H,1-3H3,(H,18,21)(H,19,22). The average molecular weight is 298 g/mol. The molecule has 2 aromatic rings. The summed E-state index contributed by atoms with van der Waals surface area (Å²) in [7, 11) is 0. The molecular formula is C17H18N2O3. The van der Waals surface area contributed by atoms with Gasteiger partial charge in [0.2, 0.25) is 0 Å². The lowest BCUT2D eigenvalue weighted by molar-refractivity contribution is -0.133. The number of carbonyl (C=O) groups excluding carboxylic acids is 2. The van der Waals surface area contributed by atoms with Crippen molar-refractivity contribution in [1.82, 2.24) is 0 Å². The summed E-state index contributed by atoms with van der Waals surface area (Å²) in [5.41, 5.74) is 3.50. The van der Waals surface area contributed by atoms with Gasteiger partial charge in [0.25, 0.3) is 0 Å². The highest BCUT2D eigenvalue weighted by atomic mass is 16.3. The highest BCUT2D eigenvalue weighted by Crippen LogP contribution is 2.24. The fraction of sp³-hybridized carbons (Fsp3) is 0.176. The van der Waals surface area contributed by atoms with Crippen LogP contribution in [0.5, 0.6) is 5.75 Å². The largest absolute Gasteiger partial charge is 0.506 e. The lowest BCUT2D eigenvalue weighted by Crippen LogP contribution is -2.29. The zero-order valence-electron chi connectivity index (χ0n) is 12.7. The Bertz CT molecular complexity index is 739. The van der Waals surface area contributed by atoms with Gasteiger partial charge in [-0.05, 0) is 55.7 Å². The number of aryl methyl sites for hydroxylation is 3. The second-order valence-electron chi connectivity index (χ2n) is 5.25. The number of hydrogen-bond donors (Lipinski definition) is 3. The molecule has 2 rings (SSSR count). The monoisotopic (exact) mass is 298 g/mol. The van der Waals surface area contributed by atoms with Gasteiger partial charge in [-0.1, -0.05) is 18.2 Å². The van der Waals surface area contributed by atoms with Crippen molar-refractivity contribution < 1.29 is 14.7 Å². The molecule has 0 atom stereocenters. The van der Waals surface area contributed by atoms with Crippen LogP contribution in [0.1, 0.15) is 16.7 Å². The number of rotatable bonds is 2. The van der Waals surface area contributed by atoms with Gasteiger partial charge in [-0.25, -0.2) is 0 Å². The number of amides is 2. The molecule has 5 heteroatoms. The lowest BCUT2D eigenvalue weighted by atomic mass is 10.1. The summed E-state index contributed by atoms with van der Waals surface area (Å²) in [6, 6.07) is 10.4. The van der Waals surface area contributed by atoms with E-state index in [1.165, 1.54) is 6.07 Å². The first-order chi connectivity index (χ1) is 10.4. The Labute approximate surface area is 129 Å². The molecule has 0 spiro atoms. The van der Waals surface area contributed by atoms with E-state index in [9.17, 15) is 14.7 Å². The minimum absolute atomic E-state index is 0.0760. The molecule has 0 unspecified atom stereocenters. The molecule has 0 fully saturated rings. The van der Waals surface area contributed by atoms with Crippen molar-refractivity contribution in [1.29, 1.82) is 0 Å². The van der Waals surface area contributed by atoms with Crippen LogP contribution in [0.15, 0.2) is 36.4 Å². The van der Waals surface area contributed by atoms with Gasteiger partial charge in [-0.3, -0.25) is 9.59 Å². The van der Waals surface area contributed by atoms with Gasteiger partial charge in [0.05, 0.1) is 5.69 Å². The van der Waals surface area contributed by atoms with Crippen molar-refractivity contribution in [3.8, 4) is 5.75 Å². The van der Waals surface area contributed by atoms with Gasteiger partial charge in [0, 0.05) is 5.69 Å². The van der Waals surface area contributed by atoms with Crippen LogP contribution in [0.25, 0.3) is 0 Å². The first kappa shape index (κ1) is 15.6. The maximum atomic E-state index is 12.0. The number of nitrogens with one attached hydrogen (secondary N) is 2. The third-order valence-electron chi connectivity index (χ3n) is 3.25.